The van der Waals surface area contributed by atoms with Crippen LogP contribution in [0.1, 0.15) is 12.5 Å². The summed E-state index contributed by atoms with van der Waals surface area (Å²) in [5, 5.41) is 9.75. The molecule has 0 unspecified atom stereocenters. The third-order valence-corrected chi connectivity index (χ3v) is 2.85. The Labute approximate surface area is 111 Å². The van der Waals surface area contributed by atoms with Gasteiger partial charge in [0.2, 0.25) is 11.8 Å². The van der Waals surface area contributed by atoms with Gasteiger partial charge in [0, 0.05) is 20.0 Å². The number of hydrogen-bond acceptors (Lipinski definition) is 3. The van der Waals surface area contributed by atoms with Gasteiger partial charge in [-0.15, -0.1) is 0 Å². The van der Waals surface area contributed by atoms with Crippen LogP contribution in [-0.4, -0.2) is 33.8 Å². The Morgan fingerprint density at radius 2 is 1.84 bits per heavy atom. The second-order valence-corrected chi connectivity index (χ2v) is 4.17. The fraction of sp³-hybridized carbons (Fsp3) is 0.143. The van der Waals surface area contributed by atoms with Crippen molar-refractivity contribution in [1.29, 1.82) is 0 Å². The van der Waals surface area contributed by atoms with Gasteiger partial charge < -0.3 is 5.11 Å². The van der Waals surface area contributed by atoms with Gasteiger partial charge >= 0.3 is 0 Å². The van der Waals surface area contributed by atoms with Gasteiger partial charge in [0.25, 0.3) is 5.91 Å². The van der Waals surface area contributed by atoms with Crippen LogP contribution in [0.5, 0.6) is 0 Å². The summed E-state index contributed by atoms with van der Waals surface area (Å²) >= 11 is 0. The Bertz CT molecular complexity index is 576. The number of rotatable bonds is 1. The Morgan fingerprint density at radius 1 is 1.21 bits per heavy atom. The molecule has 0 aromatic heterocycles. The molecule has 0 aliphatic carbocycles. The standard InChI is InChI=1S/C14H14N2O3/c1-10(17)16-9-14(19)15(2)13(18)8-12(16)11-6-4-3-5-7-11/h3-9,19H,1-2H3. The fourth-order valence-corrected chi connectivity index (χ4v) is 1.76. The van der Waals surface area contributed by atoms with Crippen LogP contribution >= 0.6 is 0 Å². The van der Waals surface area contributed by atoms with Crippen LogP contribution in [0.2, 0.25) is 0 Å². The second-order valence-electron chi connectivity index (χ2n) is 4.17. The number of carbonyl (C=O) groups excluding carboxylic acids is 2. The van der Waals surface area contributed by atoms with Gasteiger partial charge in [-0.1, -0.05) is 30.3 Å². The van der Waals surface area contributed by atoms with E-state index in [4.69, 9.17) is 0 Å². The molecule has 0 saturated carbocycles. The Kier molecular flexibility index (Phi) is 3.37. The molecule has 0 atom stereocenters. The molecule has 1 aromatic rings. The zero-order chi connectivity index (χ0) is 14.0. The number of benzene rings is 1. The third-order valence-electron chi connectivity index (χ3n) is 2.85. The molecule has 1 N–H and O–H groups in total. The maximum Gasteiger partial charge on any atom is 0.255 e. The first kappa shape index (κ1) is 12.9. The maximum atomic E-state index is 11.9. The molecule has 5 nitrogen and oxygen atoms in total. The van der Waals surface area contributed by atoms with Gasteiger partial charge in [-0.25, -0.2) is 0 Å². The summed E-state index contributed by atoms with van der Waals surface area (Å²) in [4.78, 5) is 25.9. The average molecular weight is 258 g/mol. The van der Waals surface area contributed by atoms with Gasteiger partial charge in [0.05, 0.1) is 11.9 Å². The normalized spacial score (nSPS) is 15.8. The quantitative estimate of drug-likeness (QED) is 0.834. The van der Waals surface area contributed by atoms with Crippen molar-refractivity contribution in [2.75, 3.05) is 7.05 Å². The Hall–Kier alpha value is -2.56. The molecular formula is C14H14N2O3. The largest absolute Gasteiger partial charge is 0.493 e. The minimum Gasteiger partial charge on any atom is -0.493 e. The molecule has 5 heteroatoms. The summed E-state index contributed by atoms with van der Waals surface area (Å²) in [7, 11) is 1.44. The number of amides is 2. The van der Waals surface area contributed by atoms with E-state index in [-0.39, 0.29) is 11.8 Å². The third kappa shape index (κ3) is 2.49. The molecule has 0 saturated heterocycles. The number of aliphatic hydroxyl groups excluding tert-OH is 1. The predicted octanol–water partition coefficient (Wildman–Crippen LogP) is 1.70. The van der Waals surface area contributed by atoms with Crippen molar-refractivity contribution in [2.45, 2.75) is 6.92 Å². The first-order chi connectivity index (χ1) is 9.00. The predicted molar refractivity (Wildman–Crippen MR) is 70.4 cm³/mol. The lowest BCUT2D eigenvalue weighted by Crippen LogP contribution is -2.23. The second kappa shape index (κ2) is 4.97. The molecule has 1 heterocycles. The summed E-state index contributed by atoms with van der Waals surface area (Å²) in [6.07, 6.45) is 2.57. The molecule has 0 radical (unpaired) electrons. The highest BCUT2D eigenvalue weighted by Crippen LogP contribution is 2.23. The van der Waals surface area contributed by atoms with E-state index in [1.165, 1.54) is 31.1 Å². The lowest BCUT2D eigenvalue weighted by Gasteiger charge is -2.19. The van der Waals surface area contributed by atoms with Gasteiger partial charge in [0.15, 0.2) is 0 Å². The van der Waals surface area contributed by atoms with Gasteiger partial charge in [-0.3, -0.25) is 19.4 Å². The van der Waals surface area contributed by atoms with Crippen LogP contribution in [0.25, 0.3) is 5.70 Å². The van der Waals surface area contributed by atoms with Crippen LogP contribution in [0, 0.1) is 0 Å². The highest BCUT2D eigenvalue weighted by atomic mass is 16.3. The molecule has 2 rings (SSSR count). The molecule has 0 fully saturated rings. The minimum absolute atomic E-state index is 0.276. The Morgan fingerprint density at radius 3 is 2.42 bits per heavy atom. The summed E-state index contributed by atoms with van der Waals surface area (Å²) < 4.78 is 0. The summed E-state index contributed by atoms with van der Waals surface area (Å²) in [6.45, 7) is 1.37. The maximum absolute atomic E-state index is 11.9. The van der Waals surface area contributed by atoms with Crippen LogP contribution in [-0.2, 0) is 9.59 Å². The van der Waals surface area contributed by atoms with E-state index in [0.717, 1.165) is 10.5 Å². The highest BCUT2D eigenvalue weighted by Gasteiger charge is 2.23. The van der Waals surface area contributed by atoms with Crippen LogP contribution in [0.3, 0.4) is 0 Å². The van der Waals surface area contributed by atoms with Crippen molar-refractivity contribution < 1.29 is 14.7 Å². The zero-order valence-corrected chi connectivity index (χ0v) is 10.7. The van der Waals surface area contributed by atoms with E-state index in [2.05, 4.69) is 0 Å². The molecule has 0 spiro atoms. The fourth-order valence-electron chi connectivity index (χ4n) is 1.76. The number of aliphatic hydroxyl groups is 1. The molecule has 19 heavy (non-hydrogen) atoms. The van der Waals surface area contributed by atoms with Gasteiger partial charge in [0.1, 0.15) is 0 Å². The average Bonchev–Trinajstić information content (AvgIpc) is 2.51. The number of nitrogens with zero attached hydrogens (tertiary/aromatic N) is 2. The smallest absolute Gasteiger partial charge is 0.255 e. The van der Waals surface area contributed by atoms with Crippen LogP contribution in [0.15, 0.2) is 48.5 Å². The molecule has 1 aliphatic rings. The van der Waals surface area contributed by atoms with Crippen molar-refractivity contribution in [1.82, 2.24) is 9.80 Å². The SMILES string of the molecule is CC(=O)N1C=C(O)N(C)C(=O)C=C1c1ccccc1. The first-order valence-corrected chi connectivity index (χ1v) is 5.76. The lowest BCUT2D eigenvalue weighted by molar-refractivity contribution is -0.125. The lowest BCUT2D eigenvalue weighted by atomic mass is 10.1. The van der Waals surface area contributed by atoms with Gasteiger partial charge in [-0.2, -0.15) is 0 Å². The van der Waals surface area contributed by atoms with Crippen LogP contribution in [0.4, 0.5) is 0 Å². The topological polar surface area (TPSA) is 60.9 Å². The van der Waals surface area contributed by atoms with Crippen molar-refractivity contribution >= 4 is 17.5 Å². The summed E-state index contributed by atoms with van der Waals surface area (Å²) in [6, 6.07) is 9.07. The highest BCUT2D eigenvalue weighted by molar-refractivity contribution is 6.00. The molecular weight excluding hydrogens is 244 g/mol. The molecule has 2 amide bonds. The van der Waals surface area contributed by atoms with E-state index in [1.807, 2.05) is 18.2 Å². The summed E-state index contributed by atoms with van der Waals surface area (Å²) in [5.41, 5.74) is 1.17. The molecule has 0 bridgehead atoms. The van der Waals surface area contributed by atoms with Crippen molar-refractivity contribution in [2.24, 2.45) is 0 Å². The Balaban J connectivity index is 2.57. The van der Waals surface area contributed by atoms with Crippen LogP contribution < -0.4 is 0 Å². The van der Waals surface area contributed by atoms with Crippen molar-refractivity contribution in [3.05, 3.63) is 54.1 Å². The summed E-state index contributed by atoms with van der Waals surface area (Å²) in [5.74, 6) is -0.955. The number of likely N-dealkylation sites (N-methyl/N-ethyl adjacent to an activating group) is 1. The molecule has 1 aromatic carbocycles. The van der Waals surface area contributed by atoms with Crippen molar-refractivity contribution in [3.8, 4) is 0 Å². The molecule has 98 valence electrons. The van der Waals surface area contributed by atoms with Gasteiger partial charge in [-0.05, 0) is 5.56 Å². The van der Waals surface area contributed by atoms with E-state index >= 15 is 0 Å². The van der Waals surface area contributed by atoms with E-state index in [9.17, 15) is 14.7 Å². The molecule has 1 aliphatic heterocycles. The van der Waals surface area contributed by atoms with E-state index < -0.39 is 5.91 Å². The number of carbonyl (C=O) groups is 2. The first-order valence-electron chi connectivity index (χ1n) is 5.76. The monoisotopic (exact) mass is 258 g/mol. The van der Waals surface area contributed by atoms with E-state index in [0.29, 0.717) is 5.70 Å². The minimum atomic E-state index is -0.392. The zero-order valence-electron chi connectivity index (χ0n) is 10.7. The van der Waals surface area contributed by atoms with Crippen molar-refractivity contribution in [3.63, 3.8) is 0 Å². The number of hydrogen-bond donors (Lipinski definition) is 1. The van der Waals surface area contributed by atoms with E-state index in [1.54, 1.807) is 12.1 Å².